The van der Waals surface area contributed by atoms with Gasteiger partial charge in [-0.3, -0.25) is 11.3 Å². The number of methoxy groups -OCH3 is 1. The highest BCUT2D eigenvalue weighted by atomic mass is 32.2. The first-order valence-electron chi connectivity index (χ1n) is 7.00. The van der Waals surface area contributed by atoms with Crippen molar-refractivity contribution < 1.29 is 4.74 Å². The summed E-state index contributed by atoms with van der Waals surface area (Å²) in [4.78, 5) is 0. The third kappa shape index (κ3) is 3.85. The summed E-state index contributed by atoms with van der Waals surface area (Å²) >= 11 is 4.11. The molecular weight excluding hydrogens is 288 g/mol. The van der Waals surface area contributed by atoms with E-state index in [-0.39, 0.29) is 6.04 Å². The van der Waals surface area contributed by atoms with Crippen LogP contribution in [0.2, 0.25) is 0 Å². The van der Waals surface area contributed by atoms with Crippen molar-refractivity contribution in [3.63, 3.8) is 0 Å². The van der Waals surface area contributed by atoms with Crippen LogP contribution in [0.25, 0.3) is 0 Å². The summed E-state index contributed by atoms with van der Waals surface area (Å²) in [6.07, 6.45) is 0.903. The molecule has 1 aliphatic rings. The summed E-state index contributed by atoms with van der Waals surface area (Å²) in [6.45, 7) is 4.62. The van der Waals surface area contributed by atoms with Crippen LogP contribution in [0.5, 0.6) is 5.75 Å². The van der Waals surface area contributed by atoms with Crippen LogP contribution < -0.4 is 16.0 Å². The van der Waals surface area contributed by atoms with Gasteiger partial charge in [-0.15, -0.1) is 0 Å². The van der Waals surface area contributed by atoms with E-state index in [0.717, 1.165) is 23.2 Å². The Morgan fingerprint density at radius 1 is 1.35 bits per heavy atom. The molecule has 0 aliphatic carbocycles. The summed E-state index contributed by atoms with van der Waals surface area (Å²) in [7, 11) is 1.72. The lowest BCUT2D eigenvalue weighted by molar-refractivity contribution is 0.404. The molecule has 0 spiro atoms. The fraction of sp³-hybridized carbons (Fsp3) is 0.600. The van der Waals surface area contributed by atoms with Gasteiger partial charge in [0, 0.05) is 27.5 Å². The number of ether oxygens (including phenoxy) is 1. The molecule has 1 aliphatic heterocycles. The fourth-order valence-electron chi connectivity index (χ4n) is 2.42. The molecule has 0 radical (unpaired) electrons. The predicted molar refractivity (Wildman–Crippen MR) is 90.6 cm³/mol. The van der Waals surface area contributed by atoms with E-state index < -0.39 is 0 Å². The van der Waals surface area contributed by atoms with Gasteiger partial charge in [-0.2, -0.15) is 23.5 Å². The standard InChI is InChI=1S/C15H24N2OS2/c1-10-11(2)20-15(9-19-10)13(17-16)8-12-6-4-5-7-14(12)18-3/h4-7,10-11,13,15,17H,8-9,16H2,1-3H3. The van der Waals surface area contributed by atoms with Crippen LogP contribution in [0, 0.1) is 0 Å². The molecular formula is C15H24N2OS2. The smallest absolute Gasteiger partial charge is 0.122 e. The largest absolute Gasteiger partial charge is 0.496 e. The maximum Gasteiger partial charge on any atom is 0.122 e. The molecule has 0 saturated carbocycles. The topological polar surface area (TPSA) is 47.3 Å². The van der Waals surface area contributed by atoms with Gasteiger partial charge in [0.25, 0.3) is 0 Å². The first kappa shape index (κ1) is 16.0. The van der Waals surface area contributed by atoms with E-state index in [9.17, 15) is 0 Å². The summed E-state index contributed by atoms with van der Waals surface area (Å²) in [5, 5.41) is 1.94. The molecule has 3 N–H and O–H groups in total. The minimum absolute atomic E-state index is 0.277. The molecule has 3 nitrogen and oxygen atoms in total. The second-order valence-electron chi connectivity index (χ2n) is 5.21. The van der Waals surface area contributed by atoms with Crippen LogP contribution in [0.15, 0.2) is 24.3 Å². The molecule has 20 heavy (non-hydrogen) atoms. The minimum Gasteiger partial charge on any atom is -0.496 e. The van der Waals surface area contributed by atoms with Crippen molar-refractivity contribution in [2.75, 3.05) is 12.9 Å². The Morgan fingerprint density at radius 3 is 2.75 bits per heavy atom. The highest BCUT2D eigenvalue weighted by Crippen LogP contribution is 2.37. The monoisotopic (exact) mass is 312 g/mol. The van der Waals surface area contributed by atoms with Crippen molar-refractivity contribution in [3.05, 3.63) is 29.8 Å². The van der Waals surface area contributed by atoms with Crippen LogP contribution in [0.3, 0.4) is 0 Å². The Morgan fingerprint density at radius 2 is 2.10 bits per heavy atom. The Kier molecular flexibility index (Phi) is 6.08. The first-order chi connectivity index (χ1) is 9.65. The molecule has 1 aromatic carbocycles. The molecule has 112 valence electrons. The lowest BCUT2D eigenvalue weighted by Gasteiger charge is -2.35. The molecule has 4 atom stereocenters. The van der Waals surface area contributed by atoms with E-state index in [2.05, 4.69) is 54.9 Å². The molecule has 1 aromatic rings. The van der Waals surface area contributed by atoms with E-state index in [1.807, 2.05) is 12.1 Å². The third-order valence-corrected chi connectivity index (χ3v) is 7.42. The van der Waals surface area contributed by atoms with Crippen LogP contribution in [-0.2, 0) is 6.42 Å². The molecule has 1 heterocycles. The number of benzene rings is 1. The lowest BCUT2D eigenvalue weighted by Crippen LogP contribution is -2.47. The van der Waals surface area contributed by atoms with Gasteiger partial charge in [-0.1, -0.05) is 32.0 Å². The van der Waals surface area contributed by atoms with E-state index >= 15 is 0 Å². The van der Waals surface area contributed by atoms with Gasteiger partial charge in [-0.25, -0.2) is 0 Å². The molecule has 2 rings (SSSR count). The van der Waals surface area contributed by atoms with E-state index in [4.69, 9.17) is 10.6 Å². The highest BCUT2D eigenvalue weighted by molar-refractivity contribution is 8.07. The number of rotatable bonds is 5. The molecule has 4 unspecified atom stereocenters. The van der Waals surface area contributed by atoms with Gasteiger partial charge in [0.2, 0.25) is 0 Å². The summed E-state index contributed by atoms with van der Waals surface area (Å²) < 4.78 is 5.44. The molecule has 0 bridgehead atoms. The van der Waals surface area contributed by atoms with Crippen LogP contribution in [0.4, 0.5) is 0 Å². The van der Waals surface area contributed by atoms with Gasteiger partial charge in [0.05, 0.1) is 7.11 Å². The maximum absolute atomic E-state index is 5.81. The van der Waals surface area contributed by atoms with Crippen molar-refractivity contribution in [2.45, 2.75) is 42.1 Å². The molecule has 0 aromatic heterocycles. The second kappa shape index (κ2) is 7.59. The van der Waals surface area contributed by atoms with Crippen molar-refractivity contribution in [2.24, 2.45) is 5.84 Å². The van der Waals surface area contributed by atoms with E-state index in [1.54, 1.807) is 7.11 Å². The van der Waals surface area contributed by atoms with Crippen LogP contribution in [-0.4, -0.2) is 34.7 Å². The number of para-hydroxylation sites is 1. The average Bonchev–Trinajstić information content (AvgIpc) is 2.48. The Hall–Kier alpha value is -0.360. The van der Waals surface area contributed by atoms with Gasteiger partial charge >= 0.3 is 0 Å². The lowest BCUT2D eigenvalue weighted by atomic mass is 10.0. The van der Waals surface area contributed by atoms with E-state index in [0.29, 0.717) is 10.5 Å². The number of nitrogens with one attached hydrogen (secondary N) is 1. The number of hydrogen-bond acceptors (Lipinski definition) is 5. The summed E-state index contributed by atoms with van der Waals surface area (Å²) in [5.41, 5.74) is 4.23. The summed E-state index contributed by atoms with van der Waals surface area (Å²) in [6, 6.07) is 8.46. The number of hydrazine groups is 1. The van der Waals surface area contributed by atoms with Gasteiger partial charge in [-0.05, 0) is 18.1 Å². The number of thioether (sulfide) groups is 2. The Balaban J connectivity index is 2.05. The van der Waals surface area contributed by atoms with Gasteiger partial charge < -0.3 is 4.74 Å². The number of nitrogens with two attached hydrogens (primary N) is 1. The van der Waals surface area contributed by atoms with Crippen molar-refractivity contribution in [1.29, 1.82) is 0 Å². The van der Waals surface area contributed by atoms with Crippen molar-refractivity contribution in [1.82, 2.24) is 5.43 Å². The Labute approximate surface area is 130 Å². The Bertz CT molecular complexity index is 430. The minimum atomic E-state index is 0.277. The van der Waals surface area contributed by atoms with Crippen molar-refractivity contribution >= 4 is 23.5 Å². The number of hydrogen-bond donors (Lipinski definition) is 2. The van der Waals surface area contributed by atoms with Crippen LogP contribution in [0.1, 0.15) is 19.4 Å². The quantitative estimate of drug-likeness (QED) is 0.646. The molecule has 5 heteroatoms. The third-order valence-electron chi connectivity index (χ3n) is 3.87. The van der Waals surface area contributed by atoms with Crippen LogP contribution >= 0.6 is 23.5 Å². The van der Waals surface area contributed by atoms with E-state index in [1.165, 1.54) is 5.56 Å². The predicted octanol–water partition coefficient (Wildman–Crippen LogP) is 2.70. The normalized spacial score (nSPS) is 28.1. The summed E-state index contributed by atoms with van der Waals surface area (Å²) in [5.74, 6) is 7.91. The second-order valence-corrected chi connectivity index (χ2v) is 8.24. The average molecular weight is 313 g/mol. The SMILES string of the molecule is COc1ccccc1CC(NN)C1CSC(C)C(C)S1. The zero-order chi connectivity index (χ0) is 14.5. The fourth-order valence-corrected chi connectivity index (χ4v) is 5.54. The molecule has 0 amide bonds. The first-order valence-corrected chi connectivity index (χ1v) is 9.00. The maximum atomic E-state index is 5.81. The molecule has 1 saturated heterocycles. The molecule has 1 fully saturated rings. The van der Waals surface area contributed by atoms with Crippen molar-refractivity contribution in [3.8, 4) is 5.75 Å². The van der Waals surface area contributed by atoms with Gasteiger partial charge in [0.15, 0.2) is 0 Å². The zero-order valence-corrected chi connectivity index (χ0v) is 14.0. The highest BCUT2D eigenvalue weighted by Gasteiger charge is 2.31. The zero-order valence-electron chi connectivity index (χ0n) is 12.3. The van der Waals surface area contributed by atoms with Gasteiger partial charge in [0.1, 0.15) is 5.75 Å².